The molecule has 0 unspecified atom stereocenters. The van der Waals surface area contributed by atoms with E-state index in [-0.39, 0.29) is 0 Å². The third-order valence-corrected chi connectivity index (χ3v) is 4.14. The predicted octanol–water partition coefficient (Wildman–Crippen LogP) is 4.99. The molecule has 1 fully saturated rings. The van der Waals surface area contributed by atoms with Crippen LogP contribution in [-0.4, -0.2) is 5.78 Å². The molecule has 0 saturated heterocycles. The summed E-state index contributed by atoms with van der Waals surface area (Å²) in [6.07, 6.45) is 8.52. The summed E-state index contributed by atoms with van der Waals surface area (Å²) in [7, 11) is 0. The van der Waals surface area contributed by atoms with Gasteiger partial charge < -0.3 is 0 Å². The Hall–Kier alpha value is -0.630. The maximum atomic E-state index is 12.1. The van der Waals surface area contributed by atoms with Crippen molar-refractivity contribution < 1.29 is 4.79 Å². The van der Waals surface area contributed by atoms with Crippen LogP contribution in [0.15, 0.2) is 28.7 Å². The minimum absolute atomic E-state index is 0.310. The molecule has 0 bridgehead atoms. The van der Waals surface area contributed by atoms with Crippen molar-refractivity contribution in [1.29, 1.82) is 0 Å². The lowest BCUT2D eigenvalue weighted by atomic mass is 9.92. The van der Waals surface area contributed by atoms with Gasteiger partial charge in [-0.15, -0.1) is 0 Å². The van der Waals surface area contributed by atoms with Crippen molar-refractivity contribution in [3.63, 3.8) is 0 Å². The van der Waals surface area contributed by atoms with Gasteiger partial charge in [0.05, 0.1) is 0 Å². The van der Waals surface area contributed by atoms with Crippen LogP contribution in [0.4, 0.5) is 0 Å². The van der Waals surface area contributed by atoms with E-state index >= 15 is 0 Å². The minimum Gasteiger partial charge on any atom is -0.294 e. The molecule has 0 spiro atoms. The average Bonchev–Trinajstić information content (AvgIpc) is 2.58. The molecular weight excluding hydrogens is 276 g/mol. The Morgan fingerprint density at radius 3 is 2.24 bits per heavy atom. The summed E-state index contributed by atoms with van der Waals surface area (Å²) in [6, 6.07) is 7.73. The average molecular weight is 295 g/mol. The van der Waals surface area contributed by atoms with Gasteiger partial charge in [0.2, 0.25) is 0 Å². The number of carbonyl (C=O) groups is 1. The standard InChI is InChI=1S/C15H19BrO/c16-14-9-7-13(8-10-14)15(17)11-12-5-3-1-2-4-6-12/h7-10,12H,1-6,11H2. The van der Waals surface area contributed by atoms with E-state index in [2.05, 4.69) is 15.9 Å². The third kappa shape index (κ3) is 3.95. The van der Waals surface area contributed by atoms with Gasteiger partial charge in [-0.1, -0.05) is 66.6 Å². The second kappa shape index (κ2) is 6.34. The summed E-state index contributed by atoms with van der Waals surface area (Å²) >= 11 is 3.39. The van der Waals surface area contributed by atoms with Crippen molar-refractivity contribution in [3.05, 3.63) is 34.3 Å². The van der Waals surface area contributed by atoms with Crippen molar-refractivity contribution in [2.24, 2.45) is 5.92 Å². The molecule has 0 N–H and O–H groups in total. The van der Waals surface area contributed by atoms with Gasteiger partial charge >= 0.3 is 0 Å². The van der Waals surface area contributed by atoms with Crippen LogP contribution in [0.3, 0.4) is 0 Å². The van der Waals surface area contributed by atoms with Crippen LogP contribution in [0, 0.1) is 5.92 Å². The summed E-state index contributed by atoms with van der Waals surface area (Å²) in [6.45, 7) is 0. The van der Waals surface area contributed by atoms with Gasteiger partial charge in [-0.3, -0.25) is 4.79 Å². The molecule has 2 rings (SSSR count). The summed E-state index contributed by atoms with van der Waals surface area (Å²) in [4.78, 5) is 12.1. The van der Waals surface area contributed by atoms with Crippen molar-refractivity contribution in [2.45, 2.75) is 44.9 Å². The molecule has 1 aromatic carbocycles. The van der Waals surface area contributed by atoms with Gasteiger partial charge in [-0.2, -0.15) is 0 Å². The third-order valence-electron chi connectivity index (χ3n) is 3.62. The molecule has 1 aliphatic rings. The molecule has 2 heteroatoms. The zero-order chi connectivity index (χ0) is 12.1. The van der Waals surface area contributed by atoms with Crippen molar-refractivity contribution in [3.8, 4) is 0 Å². The van der Waals surface area contributed by atoms with Crippen LogP contribution in [0.25, 0.3) is 0 Å². The maximum absolute atomic E-state index is 12.1. The monoisotopic (exact) mass is 294 g/mol. The molecular formula is C15H19BrO. The Kier molecular flexibility index (Phi) is 4.78. The van der Waals surface area contributed by atoms with Crippen LogP contribution < -0.4 is 0 Å². The first-order valence-electron chi connectivity index (χ1n) is 6.54. The van der Waals surface area contributed by atoms with Gasteiger partial charge in [-0.05, 0) is 18.1 Å². The first kappa shape index (κ1) is 12.8. The molecule has 1 aliphatic carbocycles. The number of ketones is 1. The maximum Gasteiger partial charge on any atom is 0.163 e. The topological polar surface area (TPSA) is 17.1 Å². The molecule has 1 saturated carbocycles. The molecule has 0 radical (unpaired) electrons. The van der Waals surface area contributed by atoms with Gasteiger partial charge in [0.1, 0.15) is 0 Å². The van der Waals surface area contributed by atoms with Crippen LogP contribution in [-0.2, 0) is 0 Å². The van der Waals surface area contributed by atoms with Crippen molar-refractivity contribution in [1.82, 2.24) is 0 Å². The fourth-order valence-electron chi connectivity index (χ4n) is 2.58. The van der Waals surface area contributed by atoms with E-state index in [1.165, 1.54) is 38.5 Å². The second-order valence-corrected chi connectivity index (χ2v) is 5.91. The first-order valence-corrected chi connectivity index (χ1v) is 7.34. The molecule has 1 nitrogen and oxygen atoms in total. The molecule has 1 aromatic rings. The summed E-state index contributed by atoms with van der Waals surface area (Å²) in [5.74, 6) is 0.929. The molecule has 92 valence electrons. The van der Waals surface area contributed by atoms with Gasteiger partial charge in [-0.25, -0.2) is 0 Å². The van der Waals surface area contributed by atoms with Crippen molar-refractivity contribution in [2.75, 3.05) is 0 Å². The van der Waals surface area contributed by atoms with E-state index in [9.17, 15) is 4.79 Å². The SMILES string of the molecule is O=C(CC1CCCCCC1)c1ccc(Br)cc1. The fraction of sp³-hybridized carbons (Fsp3) is 0.533. The number of benzene rings is 1. The zero-order valence-electron chi connectivity index (χ0n) is 10.1. The normalized spacial score (nSPS) is 17.7. The minimum atomic E-state index is 0.310. The van der Waals surface area contributed by atoms with Crippen molar-refractivity contribution >= 4 is 21.7 Å². The predicted molar refractivity (Wildman–Crippen MR) is 74.3 cm³/mol. The summed E-state index contributed by atoms with van der Waals surface area (Å²) in [5, 5.41) is 0. The van der Waals surface area contributed by atoms with E-state index in [1.807, 2.05) is 24.3 Å². The van der Waals surface area contributed by atoms with E-state index in [0.29, 0.717) is 11.7 Å². The smallest absolute Gasteiger partial charge is 0.163 e. The summed E-state index contributed by atoms with van der Waals surface area (Å²) in [5.41, 5.74) is 0.859. The van der Waals surface area contributed by atoms with E-state index in [0.717, 1.165) is 16.5 Å². The lowest BCUT2D eigenvalue weighted by molar-refractivity contribution is 0.0957. The Labute approximate surface area is 112 Å². The van der Waals surface area contributed by atoms with Crippen LogP contribution >= 0.6 is 15.9 Å². The van der Waals surface area contributed by atoms with Gasteiger partial charge in [0.25, 0.3) is 0 Å². The Morgan fingerprint density at radius 2 is 1.65 bits per heavy atom. The lowest BCUT2D eigenvalue weighted by Gasteiger charge is -2.12. The number of hydrogen-bond acceptors (Lipinski definition) is 1. The summed E-state index contributed by atoms with van der Waals surface area (Å²) < 4.78 is 1.03. The number of rotatable bonds is 3. The highest BCUT2D eigenvalue weighted by molar-refractivity contribution is 9.10. The second-order valence-electron chi connectivity index (χ2n) is 4.99. The molecule has 0 aliphatic heterocycles. The number of Topliss-reactive ketones (excluding diaryl/α,β-unsaturated/α-hetero) is 1. The van der Waals surface area contributed by atoms with Gasteiger partial charge in [0.15, 0.2) is 5.78 Å². The van der Waals surface area contributed by atoms with Crippen LogP contribution in [0.1, 0.15) is 55.3 Å². The van der Waals surface area contributed by atoms with Gasteiger partial charge in [0, 0.05) is 16.5 Å². The number of hydrogen-bond donors (Lipinski definition) is 0. The van der Waals surface area contributed by atoms with E-state index < -0.39 is 0 Å². The largest absolute Gasteiger partial charge is 0.294 e. The first-order chi connectivity index (χ1) is 8.25. The Balaban J connectivity index is 1.93. The number of halogens is 1. The molecule has 0 atom stereocenters. The highest BCUT2D eigenvalue weighted by Gasteiger charge is 2.16. The highest BCUT2D eigenvalue weighted by Crippen LogP contribution is 2.26. The van der Waals surface area contributed by atoms with Crippen LogP contribution in [0.5, 0.6) is 0 Å². The van der Waals surface area contributed by atoms with Crippen LogP contribution in [0.2, 0.25) is 0 Å². The molecule has 0 aromatic heterocycles. The Morgan fingerprint density at radius 1 is 1.06 bits per heavy atom. The Bertz CT molecular complexity index is 361. The number of carbonyl (C=O) groups excluding carboxylic acids is 1. The zero-order valence-corrected chi connectivity index (χ0v) is 11.7. The fourth-order valence-corrected chi connectivity index (χ4v) is 2.85. The quantitative estimate of drug-likeness (QED) is 0.567. The van der Waals surface area contributed by atoms with E-state index in [4.69, 9.17) is 0 Å². The molecule has 0 heterocycles. The van der Waals surface area contributed by atoms with E-state index in [1.54, 1.807) is 0 Å². The highest BCUT2D eigenvalue weighted by atomic mass is 79.9. The lowest BCUT2D eigenvalue weighted by Crippen LogP contribution is -2.08. The molecule has 0 amide bonds. The molecule has 17 heavy (non-hydrogen) atoms.